The quantitative estimate of drug-likeness (QED) is 0.565. The second-order valence-corrected chi connectivity index (χ2v) is 2.54. The van der Waals surface area contributed by atoms with E-state index in [2.05, 4.69) is 15.9 Å². The minimum Gasteiger partial charge on any atom is -0.246 e. The highest BCUT2D eigenvalue weighted by atomic mass is 79.9. The normalized spacial score (nSPS) is 12.0. The molecule has 0 radical (unpaired) electrons. The van der Waals surface area contributed by atoms with E-state index in [1.165, 1.54) is 0 Å². The van der Waals surface area contributed by atoms with Gasteiger partial charge >= 0.3 is 0 Å². The smallest absolute Gasteiger partial charge is 0.221 e. The molecule has 0 aromatic carbocycles. The lowest BCUT2D eigenvalue weighted by atomic mass is 10.5. The van der Waals surface area contributed by atoms with E-state index in [1.807, 2.05) is 0 Å². The molecule has 0 saturated heterocycles. The van der Waals surface area contributed by atoms with Gasteiger partial charge in [0, 0.05) is 0 Å². The Bertz CT molecular complexity index is 48.1. The van der Waals surface area contributed by atoms with Crippen molar-refractivity contribution in [2.24, 2.45) is 0 Å². The number of hydrogen-bond donors (Lipinski definition) is 0. The zero-order valence-electron chi connectivity index (χ0n) is 3.43. The lowest BCUT2D eigenvalue weighted by Gasteiger charge is -2.05. The third kappa shape index (κ3) is 2.91. The molecule has 0 unspecified atom stereocenters. The van der Waals surface area contributed by atoms with Crippen LogP contribution in [0.5, 0.6) is 0 Å². The molecule has 0 atom stereocenters. The van der Waals surface area contributed by atoms with Gasteiger partial charge in [0.2, 0.25) is 4.58 Å². The average molecular weight is 177 g/mol. The first-order valence-electron chi connectivity index (χ1n) is 1.62. The summed E-state index contributed by atoms with van der Waals surface area (Å²) in [7, 11) is 0. The SMILES string of the molecule is FCC(F)(Br)CF. The third-order valence-corrected chi connectivity index (χ3v) is 0.815. The monoisotopic (exact) mass is 176 g/mol. The summed E-state index contributed by atoms with van der Waals surface area (Å²) in [4.78, 5) is 0. The Balaban J connectivity index is 3.36. The van der Waals surface area contributed by atoms with Gasteiger partial charge in [0.25, 0.3) is 0 Å². The molecule has 7 heavy (non-hydrogen) atoms. The van der Waals surface area contributed by atoms with E-state index >= 15 is 0 Å². The molecule has 0 spiro atoms. The van der Waals surface area contributed by atoms with E-state index in [4.69, 9.17) is 0 Å². The van der Waals surface area contributed by atoms with Crippen LogP contribution in [0, 0.1) is 0 Å². The fraction of sp³-hybridized carbons (Fsp3) is 1.00. The first kappa shape index (κ1) is 7.27. The summed E-state index contributed by atoms with van der Waals surface area (Å²) in [5.41, 5.74) is 0. The molecule has 0 rings (SSSR count). The van der Waals surface area contributed by atoms with Crippen LogP contribution in [0.1, 0.15) is 0 Å². The topological polar surface area (TPSA) is 0 Å². The van der Waals surface area contributed by atoms with Crippen LogP contribution in [-0.2, 0) is 0 Å². The summed E-state index contributed by atoms with van der Waals surface area (Å²) in [5.74, 6) is 0. The van der Waals surface area contributed by atoms with E-state index in [1.54, 1.807) is 0 Å². The van der Waals surface area contributed by atoms with Gasteiger partial charge in [-0.2, -0.15) is 0 Å². The zero-order chi connectivity index (χ0) is 5.91. The average Bonchev–Trinajstić information content (AvgIpc) is 1.68. The Morgan fingerprint density at radius 3 is 1.57 bits per heavy atom. The maximum Gasteiger partial charge on any atom is 0.221 e. The Hall–Kier alpha value is 0.270. The van der Waals surface area contributed by atoms with Crippen molar-refractivity contribution in [3.63, 3.8) is 0 Å². The Kier molecular flexibility index (Phi) is 2.64. The van der Waals surface area contributed by atoms with E-state index < -0.39 is 17.9 Å². The van der Waals surface area contributed by atoms with E-state index in [0.717, 1.165) is 0 Å². The van der Waals surface area contributed by atoms with Gasteiger partial charge in [0.1, 0.15) is 13.3 Å². The van der Waals surface area contributed by atoms with Crippen molar-refractivity contribution in [3.8, 4) is 0 Å². The van der Waals surface area contributed by atoms with E-state index in [0.29, 0.717) is 0 Å². The summed E-state index contributed by atoms with van der Waals surface area (Å²) in [6.45, 7) is -2.66. The second-order valence-electron chi connectivity index (χ2n) is 1.12. The number of halogens is 4. The van der Waals surface area contributed by atoms with Crippen LogP contribution in [0.4, 0.5) is 13.2 Å². The standard InChI is InChI=1S/C3H4BrF3/c4-3(7,1-5)2-6/h1-2H2. The van der Waals surface area contributed by atoms with Gasteiger partial charge in [0.05, 0.1) is 0 Å². The minimum absolute atomic E-state index is 1.33. The molecule has 0 aromatic rings. The summed E-state index contributed by atoms with van der Waals surface area (Å²) in [6, 6.07) is 0. The van der Waals surface area contributed by atoms with Crippen LogP contribution in [0.15, 0.2) is 0 Å². The third-order valence-electron chi connectivity index (χ3n) is 0.391. The van der Waals surface area contributed by atoms with E-state index in [-0.39, 0.29) is 0 Å². The largest absolute Gasteiger partial charge is 0.246 e. The summed E-state index contributed by atoms with van der Waals surface area (Å²) < 4.78 is 31.5. The highest BCUT2D eigenvalue weighted by Crippen LogP contribution is 2.20. The molecule has 0 bridgehead atoms. The molecule has 4 heteroatoms. The van der Waals surface area contributed by atoms with Crippen molar-refractivity contribution in [2.75, 3.05) is 13.3 Å². The molecule has 0 aliphatic rings. The fourth-order valence-corrected chi connectivity index (χ4v) is 0.0357. The molecular weight excluding hydrogens is 173 g/mol. The van der Waals surface area contributed by atoms with Crippen molar-refractivity contribution in [2.45, 2.75) is 4.58 Å². The minimum atomic E-state index is -2.44. The number of alkyl halides is 4. The second kappa shape index (κ2) is 2.55. The van der Waals surface area contributed by atoms with Crippen molar-refractivity contribution >= 4 is 15.9 Å². The molecular formula is C3H4BrF3. The Morgan fingerprint density at radius 1 is 1.29 bits per heavy atom. The van der Waals surface area contributed by atoms with Gasteiger partial charge in [-0.05, 0) is 15.9 Å². The first-order valence-corrected chi connectivity index (χ1v) is 2.41. The summed E-state index contributed by atoms with van der Waals surface area (Å²) >= 11 is 2.16. The molecule has 0 fully saturated rings. The van der Waals surface area contributed by atoms with Crippen LogP contribution in [0.2, 0.25) is 0 Å². The molecule has 0 aliphatic heterocycles. The van der Waals surface area contributed by atoms with Crippen LogP contribution < -0.4 is 0 Å². The van der Waals surface area contributed by atoms with Gasteiger partial charge in [-0.25, -0.2) is 13.2 Å². The van der Waals surface area contributed by atoms with Crippen molar-refractivity contribution in [1.29, 1.82) is 0 Å². The molecule has 44 valence electrons. The molecule has 0 heterocycles. The predicted molar refractivity (Wildman–Crippen MR) is 24.7 cm³/mol. The van der Waals surface area contributed by atoms with Crippen molar-refractivity contribution < 1.29 is 13.2 Å². The molecule has 0 nitrogen and oxygen atoms in total. The molecule has 0 aromatic heterocycles. The summed E-state index contributed by atoms with van der Waals surface area (Å²) in [6.07, 6.45) is 0. The van der Waals surface area contributed by atoms with E-state index in [9.17, 15) is 13.2 Å². The molecule has 0 N–H and O–H groups in total. The molecule has 0 amide bonds. The van der Waals surface area contributed by atoms with Crippen LogP contribution in [0.3, 0.4) is 0 Å². The highest BCUT2D eigenvalue weighted by molar-refractivity contribution is 9.10. The first-order chi connectivity index (χ1) is 3.12. The van der Waals surface area contributed by atoms with Crippen molar-refractivity contribution in [3.05, 3.63) is 0 Å². The number of hydrogen-bond acceptors (Lipinski definition) is 0. The molecule has 0 saturated carbocycles. The van der Waals surface area contributed by atoms with Gasteiger partial charge in [-0.1, -0.05) is 0 Å². The van der Waals surface area contributed by atoms with Gasteiger partial charge < -0.3 is 0 Å². The lowest BCUT2D eigenvalue weighted by molar-refractivity contribution is 0.186. The zero-order valence-corrected chi connectivity index (χ0v) is 5.01. The predicted octanol–water partition coefficient (Wildman–Crippen LogP) is 1.99. The highest BCUT2D eigenvalue weighted by Gasteiger charge is 2.24. The van der Waals surface area contributed by atoms with Gasteiger partial charge in [-0.15, -0.1) is 0 Å². The van der Waals surface area contributed by atoms with Crippen LogP contribution in [0.25, 0.3) is 0 Å². The van der Waals surface area contributed by atoms with Gasteiger partial charge in [0.15, 0.2) is 0 Å². The number of rotatable bonds is 2. The van der Waals surface area contributed by atoms with Gasteiger partial charge in [-0.3, -0.25) is 0 Å². The molecule has 0 aliphatic carbocycles. The maximum atomic E-state index is 11.7. The van der Waals surface area contributed by atoms with Crippen LogP contribution in [-0.4, -0.2) is 17.9 Å². The Morgan fingerprint density at radius 2 is 1.57 bits per heavy atom. The summed E-state index contributed by atoms with van der Waals surface area (Å²) in [5, 5.41) is 0. The maximum absolute atomic E-state index is 11.7. The lowest BCUT2D eigenvalue weighted by Crippen LogP contribution is -2.18. The fourth-order valence-electron chi connectivity index (χ4n) is 0.0357. The Labute approximate surface area is 47.8 Å². The van der Waals surface area contributed by atoms with Crippen LogP contribution >= 0.6 is 15.9 Å². The van der Waals surface area contributed by atoms with Crippen molar-refractivity contribution in [1.82, 2.24) is 0 Å².